The molecular formula is C20H32ClN5O2. The molecule has 2 aliphatic heterocycles. The van der Waals surface area contributed by atoms with Crippen LogP contribution in [0.3, 0.4) is 0 Å². The third-order valence-electron chi connectivity index (χ3n) is 6.72. The zero-order chi connectivity index (χ0) is 18.7. The van der Waals surface area contributed by atoms with E-state index in [4.69, 9.17) is 5.21 Å². The molecule has 0 radical (unpaired) electrons. The number of hydroxylamine groups is 1. The molecule has 156 valence electrons. The van der Waals surface area contributed by atoms with Gasteiger partial charge in [-0.25, -0.2) is 15.4 Å². The first-order valence-corrected chi connectivity index (χ1v) is 10.4. The molecule has 1 aromatic heterocycles. The fourth-order valence-corrected chi connectivity index (χ4v) is 5.11. The molecule has 1 saturated carbocycles. The van der Waals surface area contributed by atoms with Gasteiger partial charge in [0.25, 0.3) is 5.91 Å². The maximum absolute atomic E-state index is 11.4. The first-order chi connectivity index (χ1) is 13.2. The van der Waals surface area contributed by atoms with Crippen LogP contribution in [0.5, 0.6) is 0 Å². The minimum Gasteiger partial charge on any atom is -0.341 e. The molecule has 0 atom stereocenters. The van der Waals surface area contributed by atoms with E-state index in [9.17, 15) is 4.79 Å². The summed E-state index contributed by atoms with van der Waals surface area (Å²) in [4.78, 5) is 24.9. The molecule has 0 bridgehead atoms. The Bertz CT molecular complexity index is 633. The molecule has 1 aliphatic carbocycles. The highest BCUT2D eigenvalue weighted by atomic mass is 35.5. The van der Waals surface area contributed by atoms with Gasteiger partial charge in [0.05, 0.1) is 5.56 Å². The third kappa shape index (κ3) is 4.75. The van der Waals surface area contributed by atoms with E-state index in [1.807, 2.05) is 0 Å². The lowest BCUT2D eigenvalue weighted by Gasteiger charge is -2.55. The summed E-state index contributed by atoms with van der Waals surface area (Å²) in [7, 11) is 0. The van der Waals surface area contributed by atoms with Crippen molar-refractivity contribution in [1.29, 1.82) is 0 Å². The third-order valence-corrected chi connectivity index (χ3v) is 6.72. The second kappa shape index (κ2) is 9.37. The van der Waals surface area contributed by atoms with Gasteiger partial charge in [0.2, 0.25) is 5.95 Å². The fraction of sp³-hybridized carbons (Fsp3) is 0.750. The van der Waals surface area contributed by atoms with Crippen LogP contribution in [0.25, 0.3) is 0 Å². The summed E-state index contributed by atoms with van der Waals surface area (Å²) in [6.07, 6.45) is 13.9. The summed E-state index contributed by atoms with van der Waals surface area (Å²) in [5.74, 6) is 1.02. The van der Waals surface area contributed by atoms with Gasteiger partial charge in [-0.2, -0.15) is 0 Å². The van der Waals surface area contributed by atoms with Gasteiger partial charge in [0.15, 0.2) is 0 Å². The van der Waals surface area contributed by atoms with Crippen molar-refractivity contribution < 1.29 is 10.0 Å². The molecule has 1 amide bonds. The number of hydrogen-bond donors (Lipinski definition) is 2. The van der Waals surface area contributed by atoms with Crippen LogP contribution in [0.2, 0.25) is 0 Å². The van der Waals surface area contributed by atoms with Crippen molar-refractivity contribution in [3.8, 4) is 0 Å². The van der Waals surface area contributed by atoms with Crippen molar-refractivity contribution in [2.75, 3.05) is 37.6 Å². The van der Waals surface area contributed by atoms with E-state index in [-0.39, 0.29) is 18.0 Å². The van der Waals surface area contributed by atoms with Crippen LogP contribution in [0.4, 0.5) is 5.95 Å². The fourth-order valence-electron chi connectivity index (χ4n) is 5.11. The Hall–Kier alpha value is -1.44. The molecule has 0 unspecified atom stereocenters. The molecule has 1 spiro atoms. The Kier molecular flexibility index (Phi) is 7.12. The summed E-state index contributed by atoms with van der Waals surface area (Å²) in [5, 5.41) is 8.67. The summed E-state index contributed by atoms with van der Waals surface area (Å²) in [5.41, 5.74) is 2.37. The molecule has 4 rings (SSSR count). The predicted molar refractivity (Wildman–Crippen MR) is 110 cm³/mol. The van der Waals surface area contributed by atoms with Crippen molar-refractivity contribution in [2.45, 2.75) is 51.4 Å². The molecule has 2 saturated heterocycles. The van der Waals surface area contributed by atoms with Crippen LogP contribution in [0, 0.1) is 11.3 Å². The van der Waals surface area contributed by atoms with E-state index in [1.165, 1.54) is 83.4 Å². The molecule has 28 heavy (non-hydrogen) atoms. The van der Waals surface area contributed by atoms with E-state index in [2.05, 4.69) is 19.8 Å². The van der Waals surface area contributed by atoms with Crippen LogP contribution in [-0.4, -0.2) is 58.7 Å². The number of hydrogen-bond acceptors (Lipinski definition) is 6. The maximum atomic E-state index is 11.4. The molecule has 1 aromatic rings. The lowest BCUT2D eigenvalue weighted by atomic mass is 9.71. The monoisotopic (exact) mass is 409 g/mol. The van der Waals surface area contributed by atoms with Gasteiger partial charge in [-0.15, -0.1) is 12.4 Å². The van der Waals surface area contributed by atoms with Gasteiger partial charge in [0, 0.05) is 45.1 Å². The van der Waals surface area contributed by atoms with Gasteiger partial charge in [-0.1, -0.05) is 25.7 Å². The van der Waals surface area contributed by atoms with Crippen LogP contribution in [-0.2, 0) is 0 Å². The normalized spacial score (nSPS) is 22.8. The van der Waals surface area contributed by atoms with Gasteiger partial charge < -0.3 is 9.80 Å². The lowest BCUT2D eigenvalue weighted by Crippen LogP contribution is -2.61. The Balaban J connectivity index is 0.00000225. The van der Waals surface area contributed by atoms with Gasteiger partial charge in [-0.05, 0) is 37.0 Å². The number of nitrogens with zero attached hydrogens (tertiary/aromatic N) is 4. The number of halogens is 1. The SMILES string of the molecule is Cl.O=C(NO)c1cnc(N2CCC3(CC2)CN(CC2CCCCCC2)C3)nc1. The maximum Gasteiger partial charge on any atom is 0.277 e. The number of carbonyl (C=O) groups excluding carboxylic acids is 1. The van der Waals surface area contributed by atoms with Gasteiger partial charge in [0.1, 0.15) is 0 Å². The zero-order valence-corrected chi connectivity index (χ0v) is 17.3. The number of anilines is 1. The summed E-state index contributed by atoms with van der Waals surface area (Å²) in [6, 6.07) is 0. The summed E-state index contributed by atoms with van der Waals surface area (Å²) < 4.78 is 0. The second-order valence-corrected chi connectivity index (χ2v) is 8.73. The summed E-state index contributed by atoms with van der Waals surface area (Å²) in [6.45, 7) is 5.77. The topological polar surface area (TPSA) is 81.6 Å². The first kappa shape index (κ1) is 21.3. The first-order valence-electron chi connectivity index (χ1n) is 10.4. The second-order valence-electron chi connectivity index (χ2n) is 8.73. The molecule has 3 heterocycles. The van der Waals surface area contributed by atoms with E-state index < -0.39 is 5.91 Å². The van der Waals surface area contributed by atoms with Crippen molar-refractivity contribution in [3.05, 3.63) is 18.0 Å². The highest BCUT2D eigenvalue weighted by Crippen LogP contribution is 2.41. The Morgan fingerprint density at radius 1 is 1.11 bits per heavy atom. The van der Waals surface area contributed by atoms with Crippen molar-refractivity contribution in [3.63, 3.8) is 0 Å². The molecule has 7 nitrogen and oxygen atoms in total. The number of aromatic nitrogens is 2. The molecule has 8 heteroatoms. The number of nitrogens with one attached hydrogen (secondary N) is 1. The molecule has 0 aromatic carbocycles. The lowest BCUT2D eigenvalue weighted by molar-refractivity contribution is -0.0287. The van der Waals surface area contributed by atoms with E-state index in [0.717, 1.165) is 19.0 Å². The predicted octanol–water partition coefficient (Wildman–Crippen LogP) is 2.89. The number of carbonyl (C=O) groups is 1. The minimum atomic E-state index is -0.581. The number of likely N-dealkylation sites (tertiary alicyclic amines) is 1. The van der Waals surface area contributed by atoms with E-state index in [0.29, 0.717) is 11.4 Å². The Morgan fingerprint density at radius 3 is 2.29 bits per heavy atom. The Labute approximate surface area is 173 Å². The zero-order valence-electron chi connectivity index (χ0n) is 16.5. The van der Waals surface area contributed by atoms with Crippen LogP contribution in [0.15, 0.2) is 12.4 Å². The Morgan fingerprint density at radius 2 is 1.71 bits per heavy atom. The average molecular weight is 410 g/mol. The molecule has 2 N–H and O–H groups in total. The standard InChI is InChI=1S/C20H31N5O2.ClH/c26-18(23-27)17-11-21-19(22-12-17)25-9-7-20(8-10-25)14-24(15-20)13-16-5-3-1-2-4-6-16;/h11-12,16,27H,1-10,13-15H2,(H,23,26);1H. The molecule has 3 aliphatic rings. The number of amides is 1. The average Bonchev–Trinajstić information content (AvgIpc) is 2.96. The molecule has 3 fully saturated rings. The minimum absolute atomic E-state index is 0. The quantitative estimate of drug-likeness (QED) is 0.452. The number of rotatable bonds is 4. The molecular weight excluding hydrogens is 378 g/mol. The smallest absolute Gasteiger partial charge is 0.277 e. The van der Waals surface area contributed by atoms with E-state index >= 15 is 0 Å². The van der Waals surface area contributed by atoms with Crippen molar-refractivity contribution in [1.82, 2.24) is 20.3 Å². The highest BCUT2D eigenvalue weighted by Gasteiger charge is 2.45. The van der Waals surface area contributed by atoms with Crippen molar-refractivity contribution >= 4 is 24.3 Å². The van der Waals surface area contributed by atoms with Crippen LogP contribution < -0.4 is 10.4 Å². The summed E-state index contributed by atoms with van der Waals surface area (Å²) >= 11 is 0. The number of piperidine rings is 1. The van der Waals surface area contributed by atoms with Gasteiger partial charge >= 0.3 is 0 Å². The van der Waals surface area contributed by atoms with Crippen LogP contribution in [0.1, 0.15) is 61.7 Å². The largest absolute Gasteiger partial charge is 0.341 e. The van der Waals surface area contributed by atoms with E-state index in [1.54, 1.807) is 5.48 Å². The van der Waals surface area contributed by atoms with Gasteiger partial charge in [-0.3, -0.25) is 10.0 Å². The van der Waals surface area contributed by atoms with Crippen molar-refractivity contribution in [2.24, 2.45) is 11.3 Å². The highest BCUT2D eigenvalue weighted by molar-refractivity contribution is 5.92. The van der Waals surface area contributed by atoms with Crippen LogP contribution >= 0.6 is 12.4 Å².